The van der Waals surface area contributed by atoms with E-state index < -0.39 is 0 Å². The van der Waals surface area contributed by atoms with Gasteiger partial charge in [-0.2, -0.15) is 11.8 Å². The minimum absolute atomic E-state index is 0. The zero-order valence-corrected chi connectivity index (χ0v) is 19.4. The second-order valence-electron chi connectivity index (χ2n) is 6.08. The highest BCUT2D eigenvalue weighted by Gasteiger charge is 2.09. The van der Waals surface area contributed by atoms with E-state index in [1.54, 1.807) is 31.2 Å². The first-order valence-corrected chi connectivity index (χ1v) is 10.3. The summed E-state index contributed by atoms with van der Waals surface area (Å²) in [5.41, 5.74) is 3.03. The number of para-hydroxylation sites is 1. The molecule has 0 bridgehead atoms. The van der Waals surface area contributed by atoms with Gasteiger partial charge in [0.25, 0.3) is 0 Å². The molecule has 154 valence electrons. The lowest BCUT2D eigenvalue weighted by Crippen LogP contribution is -2.37. The Labute approximate surface area is 191 Å². The van der Waals surface area contributed by atoms with Gasteiger partial charge in [0.1, 0.15) is 12.1 Å². The Hall–Kier alpha value is -2.14. The molecule has 0 aliphatic heterocycles. The highest BCUT2D eigenvalue weighted by atomic mass is 127. The molecule has 3 rings (SSSR count). The van der Waals surface area contributed by atoms with E-state index in [2.05, 4.69) is 25.8 Å². The van der Waals surface area contributed by atoms with Gasteiger partial charge in [-0.3, -0.25) is 9.56 Å². The number of nitrogens with one attached hydrogen (secondary N) is 2. The fourth-order valence-corrected chi connectivity index (χ4v) is 3.38. The molecule has 0 saturated carbocycles. The number of thioether (sulfide) groups is 1. The van der Waals surface area contributed by atoms with E-state index in [9.17, 15) is 4.39 Å². The maximum atomic E-state index is 13.5. The van der Waals surface area contributed by atoms with Crippen molar-refractivity contribution in [1.29, 1.82) is 0 Å². The fourth-order valence-electron chi connectivity index (χ4n) is 2.80. The van der Waals surface area contributed by atoms with Crippen LogP contribution in [0.15, 0.2) is 59.9 Å². The number of rotatable bonds is 7. The van der Waals surface area contributed by atoms with Crippen LogP contribution in [0, 0.1) is 5.82 Å². The minimum Gasteiger partial charge on any atom is -0.352 e. The first-order valence-electron chi connectivity index (χ1n) is 8.86. The summed E-state index contributed by atoms with van der Waals surface area (Å²) in [6, 6.07) is 14.8. The van der Waals surface area contributed by atoms with Crippen LogP contribution < -0.4 is 10.6 Å². The summed E-state index contributed by atoms with van der Waals surface area (Å²) in [5, 5.41) is 14.7. The van der Waals surface area contributed by atoms with Gasteiger partial charge in [-0.15, -0.1) is 34.2 Å². The highest BCUT2D eigenvalue weighted by molar-refractivity contribution is 14.0. The van der Waals surface area contributed by atoms with Crippen molar-refractivity contribution in [1.82, 2.24) is 25.4 Å². The van der Waals surface area contributed by atoms with E-state index in [0.717, 1.165) is 28.4 Å². The third-order valence-corrected chi connectivity index (χ3v) is 4.80. The van der Waals surface area contributed by atoms with Gasteiger partial charge in [0, 0.05) is 25.0 Å². The van der Waals surface area contributed by atoms with Crippen LogP contribution in [-0.4, -0.2) is 34.0 Å². The summed E-state index contributed by atoms with van der Waals surface area (Å²) >= 11 is 1.67. The molecule has 29 heavy (non-hydrogen) atoms. The lowest BCUT2D eigenvalue weighted by molar-refractivity contribution is 0.625. The Bertz CT molecular complexity index is 932. The summed E-state index contributed by atoms with van der Waals surface area (Å²) in [5.74, 6) is 1.97. The van der Waals surface area contributed by atoms with Gasteiger partial charge in [-0.05, 0) is 41.6 Å². The molecule has 6 nitrogen and oxygen atoms in total. The van der Waals surface area contributed by atoms with E-state index in [-0.39, 0.29) is 29.8 Å². The molecule has 0 spiro atoms. The van der Waals surface area contributed by atoms with Crippen molar-refractivity contribution in [2.75, 3.05) is 13.3 Å². The Morgan fingerprint density at radius 1 is 1.10 bits per heavy atom. The summed E-state index contributed by atoms with van der Waals surface area (Å²) in [7, 11) is 1.71. The summed E-state index contributed by atoms with van der Waals surface area (Å²) in [6.07, 6.45) is 3.70. The maximum Gasteiger partial charge on any atom is 0.191 e. The number of guanidine groups is 1. The van der Waals surface area contributed by atoms with Gasteiger partial charge >= 0.3 is 0 Å². The largest absolute Gasteiger partial charge is 0.352 e. The van der Waals surface area contributed by atoms with Gasteiger partial charge in [-0.25, -0.2) is 4.39 Å². The lowest BCUT2D eigenvalue weighted by atomic mass is 10.1. The summed E-state index contributed by atoms with van der Waals surface area (Å²) < 4.78 is 15.4. The number of halogens is 2. The standard InChI is InChI=1S/C20H23FN6S.HI/c1-22-20(23-11-15-8-9-17(21)10-16(15)13-28-2)24-12-19-26-25-14-27(19)18-6-4-3-5-7-18;/h3-10,14H,11-13H2,1-2H3,(H2,22,23,24);1H. The van der Waals surface area contributed by atoms with Gasteiger partial charge in [0.05, 0.1) is 6.54 Å². The molecular formula is C20H24FIN6S. The highest BCUT2D eigenvalue weighted by Crippen LogP contribution is 2.16. The minimum atomic E-state index is -0.212. The van der Waals surface area contributed by atoms with Crippen molar-refractivity contribution in [3.05, 3.63) is 77.6 Å². The normalized spacial score (nSPS) is 11.1. The first kappa shape index (κ1) is 23.1. The second kappa shape index (κ2) is 11.8. The monoisotopic (exact) mass is 526 g/mol. The van der Waals surface area contributed by atoms with Crippen molar-refractivity contribution in [3.63, 3.8) is 0 Å². The molecule has 0 aliphatic rings. The quantitative estimate of drug-likeness (QED) is 0.279. The third-order valence-electron chi connectivity index (χ3n) is 4.20. The van der Waals surface area contributed by atoms with Gasteiger partial charge in [-0.1, -0.05) is 24.3 Å². The predicted molar refractivity (Wildman–Crippen MR) is 127 cm³/mol. The molecule has 2 N–H and O–H groups in total. The van der Waals surface area contributed by atoms with Crippen LogP contribution in [0.2, 0.25) is 0 Å². The van der Waals surface area contributed by atoms with E-state index in [1.807, 2.05) is 47.2 Å². The van der Waals surface area contributed by atoms with Crippen LogP contribution in [0.1, 0.15) is 17.0 Å². The molecule has 9 heteroatoms. The zero-order valence-electron chi connectivity index (χ0n) is 16.3. The Morgan fingerprint density at radius 2 is 1.86 bits per heavy atom. The van der Waals surface area contributed by atoms with Crippen LogP contribution >= 0.6 is 35.7 Å². The van der Waals surface area contributed by atoms with Crippen molar-refractivity contribution >= 4 is 41.7 Å². The molecule has 0 fully saturated rings. The van der Waals surface area contributed by atoms with Crippen molar-refractivity contribution < 1.29 is 4.39 Å². The Morgan fingerprint density at radius 3 is 2.59 bits per heavy atom. The maximum absolute atomic E-state index is 13.5. The van der Waals surface area contributed by atoms with E-state index in [0.29, 0.717) is 19.0 Å². The van der Waals surface area contributed by atoms with Crippen LogP contribution in [0.5, 0.6) is 0 Å². The molecule has 0 amide bonds. The molecule has 0 aliphatic carbocycles. The van der Waals surface area contributed by atoms with E-state index >= 15 is 0 Å². The zero-order chi connectivity index (χ0) is 19.8. The Kier molecular flexibility index (Phi) is 9.39. The number of benzene rings is 2. The van der Waals surface area contributed by atoms with E-state index in [1.165, 1.54) is 6.07 Å². The van der Waals surface area contributed by atoms with Crippen LogP contribution in [0.4, 0.5) is 4.39 Å². The molecule has 0 radical (unpaired) electrons. The number of hydrogen-bond acceptors (Lipinski definition) is 4. The fraction of sp³-hybridized carbons (Fsp3) is 0.250. The topological polar surface area (TPSA) is 67.1 Å². The lowest BCUT2D eigenvalue weighted by Gasteiger charge is -2.14. The molecular weight excluding hydrogens is 502 g/mol. The molecule has 3 aromatic rings. The second-order valence-corrected chi connectivity index (χ2v) is 6.94. The SMILES string of the molecule is CN=C(NCc1ccc(F)cc1CSC)NCc1nncn1-c1ccccc1.I. The van der Waals surface area contributed by atoms with Crippen molar-refractivity contribution in [2.45, 2.75) is 18.8 Å². The molecule has 0 saturated heterocycles. The van der Waals surface area contributed by atoms with Crippen LogP contribution in [-0.2, 0) is 18.8 Å². The molecule has 0 unspecified atom stereocenters. The van der Waals surface area contributed by atoms with Crippen molar-refractivity contribution in [3.8, 4) is 5.69 Å². The summed E-state index contributed by atoms with van der Waals surface area (Å²) in [6.45, 7) is 1.02. The van der Waals surface area contributed by atoms with Crippen LogP contribution in [0.25, 0.3) is 5.69 Å². The van der Waals surface area contributed by atoms with Gasteiger partial charge < -0.3 is 10.6 Å². The predicted octanol–water partition coefficient (Wildman–Crippen LogP) is 3.75. The molecule has 0 atom stereocenters. The van der Waals surface area contributed by atoms with Gasteiger partial charge in [0.15, 0.2) is 11.8 Å². The number of nitrogens with zero attached hydrogens (tertiary/aromatic N) is 4. The van der Waals surface area contributed by atoms with E-state index in [4.69, 9.17) is 0 Å². The molecule has 2 aromatic carbocycles. The molecule has 1 aromatic heterocycles. The number of hydrogen-bond donors (Lipinski definition) is 2. The average molecular weight is 526 g/mol. The summed E-state index contributed by atoms with van der Waals surface area (Å²) in [4.78, 5) is 4.26. The van der Waals surface area contributed by atoms with Crippen LogP contribution in [0.3, 0.4) is 0 Å². The van der Waals surface area contributed by atoms with Gasteiger partial charge in [0.2, 0.25) is 0 Å². The molecule has 1 heterocycles. The average Bonchev–Trinajstić information content (AvgIpc) is 3.19. The smallest absolute Gasteiger partial charge is 0.191 e. The Balaban J connectivity index is 0.00000300. The third kappa shape index (κ3) is 6.43. The van der Waals surface area contributed by atoms with Crippen molar-refractivity contribution in [2.24, 2.45) is 4.99 Å². The first-order chi connectivity index (χ1) is 13.7. The number of aliphatic imine (C=N–C) groups is 1. The number of aromatic nitrogens is 3.